The summed E-state index contributed by atoms with van der Waals surface area (Å²) in [5.74, 6) is 0. The van der Waals surface area contributed by atoms with Crippen LogP contribution in [0.4, 0.5) is 11.4 Å². The Hall–Kier alpha value is -1.09. The maximum Gasteiger partial charge on any atom is 0.238 e. The first kappa shape index (κ1) is 15.3. The fourth-order valence-corrected chi connectivity index (χ4v) is 3.84. The molecule has 0 saturated heterocycles. The molecule has 0 saturated carbocycles. The van der Waals surface area contributed by atoms with Gasteiger partial charge in [0.25, 0.3) is 0 Å². The van der Waals surface area contributed by atoms with Crippen LogP contribution in [0.2, 0.25) is 0 Å². The van der Waals surface area contributed by atoms with E-state index in [1.165, 1.54) is 12.1 Å². The maximum absolute atomic E-state index is 11.4. The van der Waals surface area contributed by atoms with Crippen molar-refractivity contribution in [3.05, 3.63) is 39.0 Å². The molecule has 0 aliphatic heterocycles. The molecule has 0 atom stereocenters. The quantitative estimate of drug-likeness (QED) is 0.802. The Balaban J connectivity index is 2.30. The minimum atomic E-state index is -3.76. The Labute approximate surface area is 130 Å². The Morgan fingerprint density at radius 1 is 1.30 bits per heavy atom. The normalized spacial score (nSPS) is 11.6. The average molecular weight is 376 g/mol. The minimum Gasteiger partial charge on any atom is -0.399 e. The van der Waals surface area contributed by atoms with Crippen molar-refractivity contribution in [1.29, 1.82) is 0 Å². The first-order valence-electron chi connectivity index (χ1n) is 5.63. The predicted molar refractivity (Wildman–Crippen MR) is 86.4 cm³/mol. The van der Waals surface area contributed by atoms with Crippen molar-refractivity contribution >= 4 is 48.7 Å². The molecule has 1 heterocycles. The van der Waals surface area contributed by atoms with Crippen LogP contribution in [0.15, 0.2) is 39.0 Å². The van der Waals surface area contributed by atoms with Crippen LogP contribution in [0, 0.1) is 0 Å². The number of halogens is 1. The van der Waals surface area contributed by atoms with Crippen LogP contribution in [0.1, 0.15) is 4.88 Å². The molecule has 0 spiro atoms. The van der Waals surface area contributed by atoms with E-state index < -0.39 is 10.0 Å². The summed E-state index contributed by atoms with van der Waals surface area (Å²) in [7, 11) is -1.89. The predicted octanol–water partition coefficient (Wildman–Crippen LogP) is 2.38. The van der Waals surface area contributed by atoms with E-state index in [2.05, 4.69) is 15.9 Å². The lowest BCUT2D eigenvalue weighted by molar-refractivity contribution is 0.598. The lowest BCUT2D eigenvalue weighted by Crippen LogP contribution is -2.18. The summed E-state index contributed by atoms with van der Waals surface area (Å²) < 4.78 is 23.9. The van der Waals surface area contributed by atoms with Crippen molar-refractivity contribution in [2.45, 2.75) is 11.4 Å². The van der Waals surface area contributed by atoms with E-state index in [1.54, 1.807) is 17.4 Å². The number of hydrogen-bond acceptors (Lipinski definition) is 5. The van der Waals surface area contributed by atoms with Gasteiger partial charge in [0, 0.05) is 33.2 Å². The smallest absolute Gasteiger partial charge is 0.238 e. The van der Waals surface area contributed by atoms with E-state index >= 15 is 0 Å². The SMILES string of the molecule is CN(Cc1cc(Br)cs1)c1cc(N)cc(S(N)(=O)=O)c1. The lowest BCUT2D eigenvalue weighted by Gasteiger charge is -2.19. The van der Waals surface area contributed by atoms with E-state index in [1.807, 2.05) is 23.4 Å². The van der Waals surface area contributed by atoms with Crippen molar-refractivity contribution in [3.8, 4) is 0 Å². The van der Waals surface area contributed by atoms with Crippen LogP contribution in [-0.4, -0.2) is 15.5 Å². The molecular weight excluding hydrogens is 362 g/mol. The van der Waals surface area contributed by atoms with Crippen molar-refractivity contribution < 1.29 is 8.42 Å². The fourth-order valence-electron chi connectivity index (χ4n) is 1.75. The van der Waals surface area contributed by atoms with Gasteiger partial charge in [-0.1, -0.05) is 0 Å². The zero-order valence-corrected chi connectivity index (χ0v) is 13.9. The fraction of sp³-hybridized carbons (Fsp3) is 0.167. The van der Waals surface area contributed by atoms with Crippen LogP contribution in [0.25, 0.3) is 0 Å². The van der Waals surface area contributed by atoms with E-state index in [-0.39, 0.29) is 4.90 Å². The molecule has 0 radical (unpaired) electrons. The number of sulfonamides is 1. The van der Waals surface area contributed by atoms with Gasteiger partial charge in [0.1, 0.15) is 0 Å². The number of nitrogens with two attached hydrogens (primary N) is 2. The molecule has 108 valence electrons. The van der Waals surface area contributed by atoms with E-state index in [4.69, 9.17) is 10.9 Å². The second-order valence-corrected chi connectivity index (χ2v) is 7.87. The number of nitrogen functional groups attached to an aromatic ring is 1. The monoisotopic (exact) mass is 375 g/mol. The highest BCUT2D eigenvalue weighted by atomic mass is 79.9. The number of primary sulfonamides is 1. The molecule has 2 aromatic rings. The topological polar surface area (TPSA) is 89.4 Å². The molecule has 0 fully saturated rings. The third-order valence-electron chi connectivity index (χ3n) is 2.70. The summed E-state index contributed by atoms with van der Waals surface area (Å²) in [5.41, 5.74) is 6.81. The van der Waals surface area contributed by atoms with E-state index in [0.29, 0.717) is 17.9 Å². The largest absolute Gasteiger partial charge is 0.399 e. The Morgan fingerprint density at radius 3 is 2.55 bits per heavy atom. The van der Waals surface area contributed by atoms with E-state index in [0.717, 1.165) is 9.35 Å². The third-order valence-corrected chi connectivity index (χ3v) is 5.27. The van der Waals surface area contributed by atoms with Gasteiger partial charge in [0.05, 0.1) is 11.4 Å². The first-order valence-corrected chi connectivity index (χ1v) is 8.85. The van der Waals surface area contributed by atoms with Gasteiger partial charge in [0.15, 0.2) is 0 Å². The average Bonchev–Trinajstić information content (AvgIpc) is 2.72. The van der Waals surface area contributed by atoms with Gasteiger partial charge >= 0.3 is 0 Å². The van der Waals surface area contributed by atoms with Crippen LogP contribution in [0.5, 0.6) is 0 Å². The molecule has 0 aliphatic carbocycles. The number of rotatable bonds is 4. The number of hydrogen-bond donors (Lipinski definition) is 2. The van der Waals surface area contributed by atoms with Gasteiger partial charge in [0.2, 0.25) is 10.0 Å². The van der Waals surface area contributed by atoms with Crippen LogP contribution in [0.3, 0.4) is 0 Å². The summed E-state index contributed by atoms with van der Waals surface area (Å²) >= 11 is 5.03. The summed E-state index contributed by atoms with van der Waals surface area (Å²) in [5, 5.41) is 7.14. The maximum atomic E-state index is 11.4. The van der Waals surface area contributed by atoms with Crippen LogP contribution in [-0.2, 0) is 16.6 Å². The molecule has 1 aromatic heterocycles. The summed E-state index contributed by atoms with van der Waals surface area (Å²) in [6, 6.07) is 6.62. The molecule has 0 amide bonds. The molecule has 2 rings (SSSR count). The second kappa shape index (κ2) is 5.72. The molecule has 0 aliphatic rings. The highest BCUT2D eigenvalue weighted by Gasteiger charge is 2.12. The summed E-state index contributed by atoms with van der Waals surface area (Å²) in [6.07, 6.45) is 0. The molecule has 0 unspecified atom stereocenters. The Bertz CT molecular complexity index is 728. The van der Waals surface area contributed by atoms with Crippen molar-refractivity contribution in [3.63, 3.8) is 0 Å². The van der Waals surface area contributed by atoms with Crippen molar-refractivity contribution in [2.24, 2.45) is 5.14 Å². The number of benzene rings is 1. The van der Waals surface area contributed by atoms with Gasteiger partial charge in [-0.25, -0.2) is 13.6 Å². The Morgan fingerprint density at radius 2 is 2.00 bits per heavy atom. The van der Waals surface area contributed by atoms with Gasteiger partial charge in [-0.05, 0) is 40.2 Å². The lowest BCUT2D eigenvalue weighted by atomic mass is 10.2. The third kappa shape index (κ3) is 3.72. The standard InChI is InChI=1S/C12H14BrN3O2S2/c1-16(6-11-2-8(13)7-19-11)10-3-9(14)4-12(5-10)20(15,17)18/h2-5,7H,6,14H2,1H3,(H2,15,17,18). The molecule has 8 heteroatoms. The van der Waals surface area contributed by atoms with Gasteiger partial charge in [-0.3, -0.25) is 0 Å². The van der Waals surface area contributed by atoms with E-state index in [9.17, 15) is 8.42 Å². The minimum absolute atomic E-state index is 0.0201. The summed E-state index contributed by atoms with van der Waals surface area (Å²) in [4.78, 5) is 3.09. The molecule has 0 bridgehead atoms. The number of anilines is 2. The molecule has 5 nitrogen and oxygen atoms in total. The van der Waals surface area contributed by atoms with Crippen LogP contribution >= 0.6 is 27.3 Å². The summed E-state index contributed by atoms with van der Waals surface area (Å²) in [6.45, 7) is 0.657. The van der Waals surface area contributed by atoms with Crippen molar-refractivity contribution in [2.75, 3.05) is 17.7 Å². The highest BCUT2D eigenvalue weighted by Crippen LogP contribution is 2.26. The van der Waals surface area contributed by atoms with Crippen molar-refractivity contribution in [1.82, 2.24) is 0 Å². The second-order valence-electron chi connectivity index (χ2n) is 4.39. The highest BCUT2D eigenvalue weighted by molar-refractivity contribution is 9.10. The molecular formula is C12H14BrN3O2S2. The van der Waals surface area contributed by atoms with Gasteiger partial charge in [-0.2, -0.15) is 0 Å². The van der Waals surface area contributed by atoms with Gasteiger partial charge in [-0.15, -0.1) is 11.3 Å². The number of thiophene rings is 1. The Kier molecular flexibility index (Phi) is 4.38. The zero-order valence-electron chi connectivity index (χ0n) is 10.7. The number of nitrogens with zero attached hydrogens (tertiary/aromatic N) is 1. The first-order chi connectivity index (χ1) is 9.25. The molecule has 1 aromatic carbocycles. The van der Waals surface area contributed by atoms with Crippen LogP contribution < -0.4 is 15.8 Å². The van der Waals surface area contributed by atoms with Gasteiger partial charge < -0.3 is 10.6 Å². The zero-order chi connectivity index (χ0) is 14.9. The molecule has 20 heavy (non-hydrogen) atoms. The molecule has 4 N–H and O–H groups in total.